The van der Waals surface area contributed by atoms with Gasteiger partial charge in [-0.15, -0.1) is 0 Å². The summed E-state index contributed by atoms with van der Waals surface area (Å²) < 4.78 is 0. The van der Waals surface area contributed by atoms with E-state index in [2.05, 4.69) is 63.4 Å². The first-order valence-electron chi connectivity index (χ1n) is 7.46. The van der Waals surface area contributed by atoms with Gasteiger partial charge in [-0.2, -0.15) is 0 Å². The minimum Gasteiger partial charge on any atom is -0.316 e. The molecule has 1 aromatic rings. The number of hydrogen-bond acceptors (Lipinski definition) is 1. The highest BCUT2D eigenvalue weighted by Gasteiger charge is 2.32. The number of nitrogens with one attached hydrogen (secondary N) is 1. The maximum Gasteiger partial charge on any atom is 0.0147 e. The van der Waals surface area contributed by atoms with Crippen molar-refractivity contribution >= 4 is 0 Å². The molecule has 0 saturated carbocycles. The van der Waals surface area contributed by atoms with Crippen LogP contribution in [0.4, 0.5) is 0 Å². The van der Waals surface area contributed by atoms with Gasteiger partial charge in [0.25, 0.3) is 0 Å². The van der Waals surface area contributed by atoms with Crippen LogP contribution in [-0.2, 0) is 5.41 Å². The predicted octanol–water partition coefficient (Wildman–Crippen LogP) is 4.14. The van der Waals surface area contributed by atoms with Crippen molar-refractivity contribution in [2.75, 3.05) is 13.1 Å². The standard InChI is InChI=1S/C18H27N/c1-14(2)12-19-13-18(7-5-6-8-18)17-10-15(3)9-16(4)11-17/h5-6,9-11,14,19H,7-8,12-13H2,1-4H3. The van der Waals surface area contributed by atoms with Gasteiger partial charge < -0.3 is 5.32 Å². The first-order valence-corrected chi connectivity index (χ1v) is 7.46. The molecule has 0 heterocycles. The second-order valence-electron chi connectivity index (χ2n) is 6.56. The lowest BCUT2D eigenvalue weighted by Gasteiger charge is -2.31. The molecule has 0 spiro atoms. The monoisotopic (exact) mass is 257 g/mol. The Labute approximate surface area is 118 Å². The van der Waals surface area contributed by atoms with Crippen LogP contribution in [0.3, 0.4) is 0 Å². The van der Waals surface area contributed by atoms with Crippen LogP contribution < -0.4 is 5.32 Å². The molecule has 1 aliphatic rings. The van der Waals surface area contributed by atoms with Gasteiger partial charge in [0.15, 0.2) is 0 Å². The fraction of sp³-hybridized carbons (Fsp3) is 0.556. The molecule has 0 atom stereocenters. The quantitative estimate of drug-likeness (QED) is 0.782. The molecule has 0 aromatic heterocycles. The second kappa shape index (κ2) is 5.92. The number of allylic oxidation sites excluding steroid dienone is 2. The van der Waals surface area contributed by atoms with Crippen molar-refractivity contribution in [1.29, 1.82) is 0 Å². The molecule has 0 aliphatic heterocycles. The van der Waals surface area contributed by atoms with Crippen LogP contribution in [0.25, 0.3) is 0 Å². The van der Waals surface area contributed by atoms with Crippen molar-refractivity contribution in [2.24, 2.45) is 5.92 Å². The molecule has 2 rings (SSSR count). The zero-order valence-corrected chi connectivity index (χ0v) is 12.8. The van der Waals surface area contributed by atoms with Gasteiger partial charge >= 0.3 is 0 Å². The van der Waals surface area contributed by atoms with Gasteiger partial charge in [-0.25, -0.2) is 0 Å². The summed E-state index contributed by atoms with van der Waals surface area (Å²) in [6, 6.07) is 7.01. The van der Waals surface area contributed by atoms with E-state index in [1.54, 1.807) is 0 Å². The van der Waals surface area contributed by atoms with Gasteiger partial charge in [0.1, 0.15) is 0 Å². The zero-order chi connectivity index (χ0) is 13.9. The number of rotatable bonds is 5. The zero-order valence-electron chi connectivity index (χ0n) is 12.8. The van der Waals surface area contributed by atoms with Crippen LogP contribution >= 0.6 is 0 Å². The Bertz CT molecular complexity index is 429. The third-order valence-electron chi connectivity index (χ3n) is 4.03. The van der Waals surface area contributed by atoms with Crippen LogP contribution in [0.5, 0.6) is 0 Å². The molecule has 0 amide bonds. The summed E-state index contributed by atoms with van der Waals surface area (Å²) in [6.07, 6.45) is 7.02. The van der Waals surface area contributed by atoms with Crippen molar-refractivity contribution in [1.82, 2.24) is 5.32 Å². The summed E-state index contributed by atoms with van der Waals surface area (Å²) >= 11 is 0. The maximum absolute atomic E-state index is 3.67. The summed E-state index contributed by atoms with van der Waals surface area (Å²) in [7, 11) is 0. The Hall–Kier alpha value is -1.08. The third kappa shape index (κ3) is 3.48. The van der Waals surface area contributed by atoms with Crippen LogP contribution in [-0.4, -0.2) is 13.1 Å². The van der Waals surface area contributed by atoms with E-state index >= 15 is 0 Å². The van der Waals surface area contributed by atoms with E-state index in [9.17, 15) is 0 Å². The predicted molar refractivity (Wildman–Crippen MR) is 83.7 cm³/mol. The van der Waals surface area contributed by atoms with Crippen LogP contribution in [0.15, 0.2) is 30.4 Å². The lowest BCUT2D eigenvalue weighted by atomic mass is 9.77. The molecule has 1 N–H and O–H groups in total. The molecule has 1 aliphatic carbocycles. The molecule has 0 saturated heterocycles. The van der Waals surface area contributed by atoms with E-state index in [1.807, 2.05) is 0 Å². The largest absolute Gasteiger partial charge is 0.316 e. The van der Waals surface area contributed by atoms with Crippen LogP contribution in [0.1, 0.15) is 43.4 Å². The molecular weight excluding hydrogens is 230 g/mol. The van der Waals surface area contributed by atoms with Crippen molar-refractivity contribution in [3.63, 3.8) is 0 Å². The van der Waals surface area contributed by atoms with Crippen molar-refractivity contribution in [2.45, 2.75) is 46.0 Å². The number of benzene rings is 1. The van der Waals surface area contributed by atoms with Crippen LogP contribution in [0, 0.1) is 19.8 Å². The smallest absolute Gasteiger partial charge is 0.0147 e. The summed E-state index contributed by atoms with van der Waals surface area (Å²) in [5, 5.41) is 3.67. The fourth-order valence-corrected chi connectivity index (χ4v) is 3.06. The highest BCUT2D eigenvalue weighted by Crippen LogP contribution is 2.37. The average molecular weight is 257 g/mol. The van der Waals surface area contributed by atoms with Gasteiger partial charge in [0.05, 0.1) is 0 Å². The van der Waals surface area contributed by atoms with Crippen LogP contribution in [0.2, 0.25) is 0 Å². The molecule has 104 valence electrons. The van der Waals surface area contributed by atoms with Gasteiger partial charge in [-0.1, -0.05) is 55.3 Å². The highest BCUT2D eigenvalue weighted by molar-refractivity contribution is 5.37. The SMILES string of the molecule is Cc1cc(C)cc(C2(CNCC(C)C)CC=CC2)c1. The first-order chi connectivity index (χ1) is 9.02. The molecule has 0 bridgehead atoms. The number of hydrogen-bond donors (Lipinski definition) is 1. The maximum atomic E-state index is 3.67. The van der Waals surface area contributed by atoms with E-state index in [4.69, 9.17) is 0 Å². The van der Waals surface area contributed by atoms with Crippen molar-refractivity contribution in [3.05, 3.63) is 47.0 Å². The van der Waals surface area contributed by atoms with E-state index in [0.717, 1.165) is 13.1 Å². The lowest BCUT2D eigenvalue weighted by molar-refractivity contribution is 0.402. The van der Waals surface area contributed by atoms with E-state index < -0.39 is 0 Å². The molecule has 1 heteroatoms. The Balaban J connectivity index is 2.18. The van der Waals surface area contributed by atoms with E-state index in [0.29, 0.717) is 5.92 Å². The molecule has 1 nitrogen and oxygen atoms in total. The molecular formula is C18H27N. The summed E-state index contributed by atoms with van der Waals surface area (Å²) in [6.45, 7) is 11.1. The highest BCUT2D eigenvalue weighted by atomic mass is 14.9. The van der Waals surface area contributed by atoms with Crippen molar-refractivity contribution in [3.8, 4) is 0 Å². The topological polar surface area (TPSA) is 12.0 Å². The second-order valence-corrected chi connectivity index (χ2v) is 6.56. The minimum absolute atomic E-state index is 0.283. The molecule has 0 unspecified atom stereocenters. The lowest BCUT2D eigenvalue weighted by Crippen LogP contribution is -2.37. The Morgan fingerprint density at radius 3 is 2.16 bits per heavy atom. The Morgan fingerprint density at radius 1 is 1.05 bits per heavy atom. The summed E-state index contributed by atoms with van der Waals surface area (Å²) in [4.78, 5) is 0. The van der Waals surface area contributed by atoms with Gasteiger partial charge in [0, 0.05) is 12.0 Å². The van der Waals surface area contributed by atoms with Gasteiger partial charge in [-0.05, 0) is 44.7 Å². The normalized spacial score (nSPS) is 17.3. The Kier molecular flexibility index (Phi) is 4.46. The van der Waals surface area contributed by atoms with Gasteiger partial charge in [-0.3, -0.25) is 0 Å². The fourth-order valence-electron chi connectivity index (χ4n) is 3.06. The first kappa shape index (κ1) is 14.3. The minimum atomic E-state index is 0.283. The Morgan fingerprint density at radius 2 is 1.63 bits per heavy atom. The van der Waals surface area contributed by atoms with E-state index in [1.165, 1.54) is 29.5 Å². The molecule has 0 radical (unpaired) electrons. The third-order valence-corrected chi connectivity index (χ3v) is 4.03. The molecule has 1 aromatic carbocycles. The average Bonchev–Trinajstić information content (AvgIpc) is 2.77. The van der Waals surface area contributed by atoms with Crippen molar-refractivity contribution < 1.29 is 0 Å². The molecule has 19 heavy (non-hydrogen) atoms. The summed E-state index contributed by atoms with van der Waals surface area (Å²) in [5.74, 6) is 0.714. The summed E-state index contributed by atoms with van der Waals surface area (Å²) in [5.41, 5.74) is 4.55. The van der Waals surface area contributed by atoms with Gasteiger partial charge in [0.2, 0.25) is 0 Å². The van der Waals surface area contributed by atoms with E-state index in [-0.39, 0.29) is 5.41 Å². The molecule has 0 fully saturated rings. The number of aryl methyl sites for hydroxylation is 2.